The summed E-state index contributed by atoms with van der Waals surface area (Å²) < 4.78 is 0. The quantitative estimate of drug-likeness (QED) is 0.0614. The van der Waals surface area contributed by atoms with E-state index in [2.05, 4.69) is 26.1 Å². The minimum atomic E-state index is 0.255. The first-order valence-electron chi connectivity index (χ1n) is 24.6. The molecule has 51 heavy (non-hydrogen) atoms. The van der Waals surface area contributed by atoms with Gasteiger partial charge in [-0.05, 0) is 19.3 Å². The molecule has 0 unspecified atom stereocenters. The second kappa shape index (κ2) is 44.3. The Bertz CT molecular complexity index is 561. The van der Waals surface area contributed by atoms with Crippen LogP contribution in [0.4, 0.5) is 0 Å². The Kier molecular flexibility index (Phi) is 44.2. The van der Waals surface area contributed by atoms with Crippen molar-refractivity contribution in [1.29, 1.82) is 0 Å². The second-order valence-electron chi connectivity index (χ2n) is 17.2. The molecule has 0 atom stereocenters. The van der Waals surface area contributed by atoms with Crippen molar-refractivity contribution in [1.82, 2.24) is 5.32 Å². The van der Waals surface area contributed by atoms with Gasteiger partial charge in [0.2, 0.25) is 0 Å². The van der Waals surface area contributed by atoms with E-state index in [1.807, 2.05) is 0 Å². The predicted octanol–water partition coefficient (Wildman–Crippen LogP) is 17.1. The lowest BCUT2D eigenvalue weighted by Gasteiger charge is -2.34. The topological polar surface area (TPSA) is 32.3 Å². The predicted molar refractivity (Wildman–Crippen MR) is 233 cm³/mol. The highest BCUT2D eigenvalue weighted by Gasteiger charge is 2.26. The third kappa shape index (κ3) is 39.4. The Morgan fingerprint density at radius 2 is 0.490 bits per heavy atom. The SMILES string of the molecule is CCCCCCCCCCCCCCCCCCCCCCC(CC)(CCCCCCCCCCCCCCCCCCCCCC)NCCO. The number of rotatable bonds is 46. The number of aliphatic hydroxyl groups is 1. The first kappa shape index (κ1) is 50.9. The van der Waals surface area contributed by atoms with Crippen molar-refractivity contribution in [3.05, 3.63) is 0 Å². The van der Waals surface area contributed by atoms with Crippen molar-refractivity contribution in [3.8, 4) is 0 Å². The third-order valence-corrected chi connectivity index (χ3v) is 12.3. The van der Waals surface area contributed by atoms with Crippen LogP contribution in [0.15, 0.2) is 0 Å². The maximum Gasteiger partial charge on any atom is 0.0556 e. The fraction of sp³-hybridized carbons (Fsp3) is 1.00. The molecule has 0 bridgehead atoms. The fourth-order valence-corrected chi connectivity index (χ4v) is 8.54. The first-order valence-corrected chi connectivity index (χ1v) is 24.6. The van der Waals surface area contributed by atoms with Crippen LogP contribution in [0.3, 0.4) is 0 Å². The van der Waals surface area contributed by atoms with Gasteiger partial charge in [-0.15, -0.1) is 0 Å². The lowest BCUT2D eigenvalue weighted by Crippen LogP contribution is -2.46. The Hall–Kier alpha value is -0.0800. The summed E-state index contributed by atoms with van der Waals surface area (Å²) in [5.41, 5.74) is 0.255. The Labute approximate surface area is 325 Å². The van der Waals surface area contributed by atoms with Crippen molar-refractivity contribution in [2.45, 2.75) is 302 Å². The first-order chi connectivity index (χ1) is 25.2. The normalized spacial score (nSPS) is 12.0. The van der Waals surface area contributed by atoms with Gasteiger partial charge in [-0.3, -0.25) is 0 Å². The molecule has 0 aromatic heterocycles. The number of β-amino-alcohol motifs (C(OH)–C–C–N with tert-alkyl or cyclic N) is 1. The van der Waals surface area contributed by atoms with Gasteiger partial charge in [0.05, 0.1) is 6.61 Å². The molecule has 0 saturated heterocycles. The molecule has 0 fully saturated rings. The van der Waals surface area contributed by atoms with Gasteiger partial charge in [-0.2, -0.15) is 0 Å². The van der Waals surface area contributed by atoms with Crippen LogP contribution in [-0.2, 0) is 0 Å². The molecule has 0 aliphatic rings. The van der Waals surface area contributed by atoms with Crippen LogP contribution in [0.25, 0.3) is 0 Å². The van der Waals surface area contributed by atoms with E-state index in [0.717, 1.165) is 6.54 Å². The highest BCUT2D eigenvalue weighted by molar-refractivity contribution is 4.86. The monoisotopic (exact) mass is 720 g/mol. The summed E-state index contributed by atoms with van der Waals surface area (Å²) in [6.07, 6.45) is 61.6. The van der Waals surface area contributed by atoms with E-state index >= 15 is 0 Å². The summed E-state index contributed by atoms with van der Waals surface area (Å²) in [4.78, 5) is 0. The molecular weight excluding hydrogens is 619 g/mol. The fourth-order valence-electron chi connectivity index (χ4n) is 8.54. The van der Waals surface area contributed by atoms with E-state index in [9.17, 15) is 5.11 Å². The summed E-state index contributed by atoms with van der Waals surface area (Å²) in [5, 5.41) is 13.3. The van der Waals surface area contributed by atoms with E-state index in [4.69, 9.17) is 0 Å². The maximum atomic E-state index is 9.54. The minimum absolute atomic E-state index is 0.255. The molecule has 0 aliphatic carbocycles. The van der Waals surface area contributed by atoms with Crippen molar-refractivity contribution in [2.24, 2.45) is 0 Å². The van der Waals surface area contributed by atoms with Crippen molar-refractivity contribution >= 4 is 0 Å². The number of nitrogens with one attached hydrogen (secondary N) is 1. The van der Waals surface area contributed by atoms with Gasteiger partial charge in [-0.25, -0.2) is 0 Å². The zero-order valence-corrected chi connectivity index (χ0v) is 36.3. The minimum Gasteiger partial charge on any atom is -0.395 e. The number of unbranched alkanes of at least 4 members (excludes halogenated alkanes) is 38. The zero-order chi connectivity index (χ0) is 37.0. The molecule has 0 aromatic carbocycles. The average Bonchev–Trinajstić information content (AvgIpc) is 3.15. The zero-order valence-electron chi connectivity index (χ0n) is 36.3. The van der Waals surface area contributed by atoms with Gasteiger partial charge in [0, 0.05) is 12.1 Å². The number of aliphatic hydroxyl groups excluding tert-OH is 1. The highest BCUT2D eigenvalue weighted by atomic mass is 16.3. The van der Waals surface area contributed by atoms with Crippen LogP contribution in [0.2, 0.25) is 0 Å². The van der Waals surface area contributed by atoms with Crippen LogP contribution in [0, 0.1) is 0 Å². The van der Waals surface area contributed by atoms with E-state index in [1.54, 1.807) is 0 Å². The summed E-state index contributed by atoms with van der Waals surface area (Å²) in [6.45, 7) is 8.01. The molecule has 0 spiro atoms. The molecular formula is C49H101NO. The van der Waals surface area contributed by atoms with Gasteiger partial charge in [0.25, 0.3) is 0 Å². The molecule has 0 aliphatic heterocycles. The Balaban J connectivity index is 3.63. The van der Waals surface area contributed by atoms with E-state index < -0.39 is 0 Å². The standard InChI is InChI=1S/C49H101NO/c1-4-7-9-11-13-15-17-19-21-23-25-27-29-31-33-35-37-39-41-43-45-49(6-3,50-47-48-51)46-44-42-40-38-36-34-32-30-28-26-24-22-20-18-16-14-12-10-8-5-2/h50-51H,4-48H2,1-3H3. The molecule has 308 valence electrons. The van der Waals surface area contributed by atoms with Crippen molar-refractivity contribution in [3.63, 3.8) is 0 Å². The van der Waals surface area contributed by atoms with Gasteiger partial charge in [-0.1, -0.05) is 278 Å². The highest BCUT2D eigenvalue weighted by Crippen LogP contribution is 2.27. The molecule has 0 rings (SSSR count). The largest absolute Gasteiger partial charge is 0.395 e. The van der Waals surface area contributed by atoms with Crippen molar-refractivity contribution in [2.75, 3.05) is 13.2 Å². The van der Waals surface area contributed by atoms with Gasteiger partial charge in [0.15, 0.2) is 0 Å². The average molecular weight is 720 g/mol. The molecule has 2 nitrogen and oxygen atoms in total. The summed E-state index contributed by atoms with van der Waals surface area (Å²) in [6, 6.07) is 0. The maximum absolute atomic E-state index is 9.54. The summed E-state index contributed by atoms with van der Waals surface area (Å²) >= 11 is 0. The number of hydrogen-bond donors (Lipinski definition) is 2. The van der Waals surface area contributed by atoms with E-state index in [-0.39, 0.29) is 12.1 Å². The Morgan fingerprint density at radius 1 is 0.294 bits per heavy atom. The summed E-state index contributed by atoms with van der Waals surface area (Å²) in [7, 11) is 0. The molecule has 0 saturated carbocycles. The molecule has 0 amide bonds. The van der Waals surface area contributed by atoms with Crippen LogP contribution in [0.1, 0.15) is 297 Å². The second-order valence-corrected chi connectivity index (χ2v) is 17.2. The molecule has 0 aromatic rings. The smallest absolute Gasteiger partial charge is 0.0556 e. The third-order valence-electron chi connectivity index (χ3n) is 12.3. The van der Waals surface area contributed by atoms with Crippen LogP contribution >= 0.6 is 0 Å². The van der Waals surface area contributed by atoms with Crippen molar-refractivity contribution < 1.29 is 5.11 Å². The van der Waals surface area contributed by atoms with E-state index in [1.165, 1.54) is 276 Å². The lowest BCUT2D eigenvalue weighted by molar-refractivity contribution is 0.216. The molecule has 0 radical (unpaired) electrons. The summed E-state index contributed by atoms with van der Waals surface area (Å²) in [5.74, 6) is 0. The molecule has 2 N–H and O–H groups in total. The Morgan fingerprint density at radius 3 is 0.667 bits per heavy atom. The van der Waals surface area contributed by atoms with E-state index in [0.29, 0.717) is 0 Å². The molecule has 0 heterocycles. The van der Waals surface area contributed by atoms with Crippen LogP contribution in [0.5, 0.6) is 0 Å². The lowest BCUT2D eigenvalue weighted by atomic mass is 9.83. The number of hydrogen-bond acceptors (Lipinski definition) is 2. The van der Waals surface area contributed by atoms with Crippen LogP contribution in [-0.4, -0.2) is 23.8 Å². The van der Waals surface area contributed by atoms with Gasteiger partial charge >= 0.3 is 0 Å². The van der Waals surface area contributed by atoms with Gasteiger partial charge in [0.1, 0.15) is 0 Å². The molecule has 2 heteroatoms. The van der Waals surface area contributed by atoms with Crippen LogP contribution < -0.4 is 5.32 Å². The van der Waals surface area contributed by atoms with Gasteiger partial charge < -0.3 is 10.4 Å².